The number of thiophene rings is 1. The van der Waals surface area contributed by atoms with Crippen LogP contribution in [0.2, 0.25) is 0 Å². The molecule has 0 fully saturated rings. The highest BCUT2D eigenvalue weighted by atomic mass is 32.2. The number of nitrogens with zero attached hydrogens (tertiary/aromatic N) is 2. The third-order valence-electron chi connectivity index (χ3n) is 6.03. The lowest BCUT2D eigenvalue weighted by Gasteiger charge is -2.15. The van der Waals surface area contributed by atoms with E-state index in [1.807, 2.05) is 41.0 Å². The van der Waals surface area contributed by atoms with Crippen molar-refractivity contribution in [3.05, 3.63) is 80.5 Å². The van der Waals surface area contributed by atoms with Crippen molar-refractivity contribution < 1.29 is 4.74 Å². The molecule has 0 atom stereocenters. The third kappa shape index (κ3) is 4.09. The number of aromatic nitrogens is 2. The van der Waals surface area contributed by atoms with Gasteiger partial charge in [-0.25, -0.2) is 4.98 Å². The molecule has 0 amide bonds. The summed E-state index contributed by atoms with van der Waals surface area (Å²) < 4.78 is 7.67. The molecule has 0 saturated heterocycles. The van der Waals surface area contributed by atoms with Crippen LogP contribution in [0.15, 0.2) is 58.5 Å². The molecule has 6 heteroatoms. The smallest absolute Gasteiger partial charge is 0.267 e. The van der Waals surface area contributed by atoms with E-state index in [2.05, 4.69) is 26.0 Å². The molecule has 0 spiro atoms. The summed E-state index contributed by atoms with van der Waals surface area (Å²) in [4.78, 5) is 21.0. The van der Waals surface area contributed by atoms with Crippen molar-refractivity contribution in [2.45, 2.75) is 44.7 Å². The lowest BCUT2D eigenvalue weighted by atomic mass is 9.97. The first kappa shape index (κ1) is 21.3. The van der Waals surface area contributed by atoms with Crippen molar-refractivity contribution in [3.63, 3.8) is 0 Å². The highest BCUT2D eigenvalue weighted by Gasteiger charge is 2.23. The lowest BCUT2D eigenvalue weighted by molar-refractivity contribution is 0.344. The van der Waals surface area contributed by atoms with Crippen LogP contribution in [-0.2, 0) is 12.8 Å². The van der Waals surface area contributed by atoms with Crippen LogP contribution in [-0.4, -0.2) is 21.9 Å². The molecule has 2 aromatic carbocycles. The number of hydrogen-bond acceptors (Lipinski definition) is 5. The molecule has 32 heavy (non-hydrogen) atoms. The summed E-state index contributed by atoms with van der Waals surface area (Å²) in [5, 5.41) is 1.56. The van der Waals surface area contributed by atoms with Gasteiger partial charge in [-0.1, -0.05) is 36.0 Å². The third-order valence-corrected chi connectivity index (χ3v) is 8.12. The Hall–Kier alpha value is -2.57. The molecular formula is C26H26N2O2S2. The van der Waals surface area contributed by atoms with Crippen molar-refractivity contribution in [1.29, 1.82) is 0 Å². The summed E-state index contributed by atoms with van der Waals surface area (Å²) in [6.07, 6.45) is 4.39. The maximum absolute atomic E-state index is 13.8. The van der Waals surface area contributed by atoms with E-state index < -0.39 is 0 Å². The highest BCUT2D eigenvalue weighted by molar-refractivity contribution is 7.99. The van der Waals surface area contributed by atoms with Crippen molar-refractivity contribution in [2.75, 3.05) is 12.4 Å². The van der Waals surface area contributed by atoms with Crippen molar-refractivity contribution >= 4 is 33.3 Å². The number of rotatable bonds is 6. The Morgan fingerprint density at radius 3 is 2.69 bits per heavy atom. The Labute approximate surface area is 196 Å². The van der Waals surface area contributed by atoms with Crippen molar-refractivity contribution in [3.8, 4) is 11.4 Å². The number of benzene rings is 2. The summed E-state index contributed by atoms with van der Waals surface area (Å²) >= 11 is 3.28. The number of thioether (sulfide) groups is 1. The Bertz CT molecular complexity index is 1330. The molecule has 4 nitrogen and oxygen atoms in total. The first-order valence-electron chi connectivity index (χ1n) is 11.1. The summed E-state index contributed by atoms with van der Waals surface area (Å²) in [6.45, 7) is 4.73. The van der Waals surface area contributed by atoms with E-state index in [-0.39, 0.29) is 5.56 Å². The van der Waals surface area contributed by atoms with Gasteiger partial charge in [0.1, 0.15) is 10.6 Å². The zero-order valence-corrected chi connectivity index (χ0v) is 20.0. The monoisotopic (exact) mass is 462 g/mol. The van der Waals surface area contributed by atoms with Gasteiger partial charge < -0.3 is 4.74 Å². The van der Waals surface area contributed by atoms with E-state index >= 15 is 0 Å². The molecule has 0 radical (unpaired) electrons. The molecule has 1 aliphatic carbocycles. The maximum atomic E-state index is 13.8. The average Bonchev–Trinajstić information content (AvgIpc) is 3.18. The van der Waals surface area contributed by atoms with Crippen LogP contribution in [0.3, 0.4) is 0 Å². The van der Waals surface area contributed by atoms with Gasteiger partial charge in [-0.3, -0.25) is 9.36 Å². The second-order valence-electron chi connectivity index (χ2n) is 8.20. The largest absolute Gasteiger partial charge is 0.493 e. The van der Waals surface area contributed by atoms with E-state index in [9.17, 15) is 4.79 Å². The fourth-order valence-corrected chi connectivity index (χ4v) is 6.32. The number of fused-ring (bicyclic) bond motifs is 3. The van der Waals surface area contributed by atoms with Gasteiger partial charge in [0.15, 0.2) is 5.16 Å². The van der Waals surface area contributed by atoms with Gasteiger partial charge in [0.25, 0.3) is 5.56 Å². The molecule has 0 unspecified atom stereocenters. The van der Waals surface area contributed by atoms with Crippen LogP contribution in [0.1, 0.15) is 34.4 Å². The number of aryl methyl sites for hydroxylation is 4. The summed E-state index contributed by atoms with van der Waals surface area (Å²) in [5.74, 6) is 1.57. The van der Waals surface area contributed by atoms with Crippen LogP contribution in [0.25, 0.3) is 15.9 Å². The second-order valence-corrected chi connectivity index (χ2v) is 10.4. The fourth-order valence-electron chi connectivity index (χ4n) is 4.18. The molecule has 0 N–H and O–H groups in total. The van der Waals surface area contributed by atoms with Gasteiger partial charge in [-0.15, -0.1) is 11.3 Å². The Morgan fingerprint density at radius 1 is 1.06 bits per heavy atom. The predicted molar refractivity (Wildman–Crippen MR) is 134 cm³/mol. The number of hydrogen-bond donors (Lipinski definition) is 0. The van der Waals surface area contributed by atoms with E-state index in [4.69, 9.17) is 9.72 Å². The van der Waals surface area contributed by atoms with Crippen LogP contribution < -0.4 is 10.3 Å². The first-order chi connectivity index (χ1) is 15.6. The lowest BCUT2D eigenvalue weighted by Crippen LogP contribution is -2.22. The summed E-state index contributed by atoms with van der Waals surface area (Å²) in [7, 11) is 0. The SMILES string of the molecule is Cc1ccc(-n2c(SCCOc3ccccc3)nc3sc4c(c3c2=O)CCCC4)cc1C. The van der Waals surface area contributed by atoms with Crippen LogP contribution in [0.4, 0.5) is 0 Å². The van der Waals surface area contributed by atoms with E-state index in [0.29, 0.717) is 12.4 Å². The molecule has 2 heterocycles. The highest BCUT2D eigenvalue weighted by Crippen LogP contribution is 2.35. The van der Waals surface area contributed by atoms with E-state index in [1.54, 1.807) is 23.1 Å². The van der Waals surface area contributed by atoms with Gasteiger partial charge in [0.05, 0.1) is 17.7 Å². The van der Waals surface area contributed by atoms with Gasteiger partial charge in [0, 0.05) is 10.6 Å². The van der Waals surface area contributed by atoms with Crippen LogP contribution >= 0.6 is 23.1 Å². The standard InChI is InChI=1S/C26H26N2O2S2/c1-17-12-13-19(16-18(17)2)28-25(29)23-21-10-6-7-11-22(21)32-24(23)27-26(28)31-15-14-30-20-8-4-3-5-9-20/h3-5,8-9,12-13,16H,6-7,10-11,14-15H2,1-2H3. The maximum Gasteiger partial charge on any atom is 0.267 e. The topological polar surface area (TPSA) is 44.1 Å². The van der Waals surface area contributed by atoms with Gasteiger partial charge in [-0.05, 0) is 80.5 Å². The summed E-state index contributed by atoms with van der Waals surface area (Å²) in [5.41, 5.74) is 4.56. The van der Waals surface area contributed by atoms with Crippen molar-refractivity contribution in [1.82, 2.24) is 9.55 Å². The zero-order chi connectivity index (χ0) is 22.1. The van der Waals surface area contributed by atoms with Gasteiger partial charge >= 0.3 is 0 Å². The Kier molecular flexibility index (Phi) is 6.07. The molecule has 5 rings (SSSR count). The van der Waals surface area contributed by atoms with E-state index in [1.165, 1.54) is 28.0 Å². The predicted octanol–water partition coefficient (Wildman–Crippen LogP) is 6.11. The molecule has 164 valence electrons. The number of para-hydroxylation sites is 1. The molecule has 4 aromatic rings. The Balaban J connectivity index is 1.53. The molecule has 0 aliphatic heterocycles. The molecular weight excluding hydrogens is 436 g/mol. The molecule has 2 aromatic heterocycles. The van der Waals surface area contributed by atoms with Crippen molar-refractivity contribution in [2.24, 2.45) is 0 Å². The summed E-state index contributed by atoms with van der Waals surface area (Å²) in [6, 6.07) is 16.0. The quantitative estimate of drug-likeness (QED) is 0.197. The fraction of sp³-hybridized carbons (Fsp3) is 0.308. The van der Waals surface area contributed by atoms with Crippen LogP contribution in [0.5, 0.6) is 5.75 Å². The van der Waals surface area contributed by atoms with Gasteiger partial charge in [-0.2, -0.15) is 0 Å². The Morgan fingerprint density at radius 2 is 1.88 bits per heavy atom. The minimum Gasteiger partial charge on any atom is -0.493 e. The second kappa shape index (κ2) is 9.12. The van der Waals surface area contributed by atoms with Crippen LogP contribution in [0, 0.1) is 13.8 Å². The minimum absolute atomic E-state index is 0.0594. The zero-order valence-electron chi connectivity index (χ0n) is 18.4. The average molecular weight is 463 g/mol. The normalized spacial score (nSPS) is 13.3. The molecule has 0 bridgehead atoms. The van der Waals surface area contributed by atoms with E-state index in [0.717, 1.165) is 46.1 Å². The molecule has 0 saturated carbocycles. The number of ether oxygens (including phenoxy) is 1. The first-order valence-corrected chi connectivity index (χ1v) is 12.9. The molecule has 1 aliphatic rings. The minimum atomic E-state index is 0.0594. The van der Waals surface area contributed by atoms with Gasteiger partial charge in [0.2, 0.25) is 0 Å².